The molecule has 0 fully saturated rings. The summed E-state index contributed by atoms with van der Waals surface area (Å²) in [5.74, 6) is 2.04. The first kappa shape index (κ1) is 14.7. The molecule has 19 heavy (non-hydrogen) atoms. The van der Waals surface area contributed by atoms with Crippen LogP contribution in [0.1, 0.15) is 30.4 Å². The van der Waals surface area contributed by atoms with Crippen LogP contribution < -0.4 is 0 Å². The fourth-order valence-electron chi connectivity index (χ4n) is 1.79. The average molecular weight is 344 g/mol. The molecule has 0 aliphatic rings. The van der Waals surface area contributed by atoms with Crippen molar-refractivity contribution < 1.29 is 4.52 Å². The van der Waals surface area contributed by atoms with Crippen LogP contribution in [0.25, 0.3) is 0 Å². The molecule has 0 aromatic carbocycles. The normalized spacial score (nSPS) is 11.7. The van der Waals surface area contributed by atoms with Crippen LogP contribution >= 0.6 is 27.3 Å². The minimum Gasteiger partial charge on any atom is -0.338 e. The van der Waals surface area contributed by atoms with Gasteiger partial charge in [-0.25, -0.2) is 0 Å². The number of halogens is 1. The van der Waals surface area contributed by atoms with Crippen LogP contribution in [0, 0.1) is 5.92 Å². The third-order valence-corrected chi connectivity index (χ3v) is 4.17. The summed E-state index contributed by atoms with van der Waals surface area (Å²) in [5, 5.41) is 4.00. The van der Waals surface area contributed by atoms with E-state index >= 15 is 0 Å². The van der Waals surface area contributed by atoms with Gasteiger partial charge in [-0.2, -0.15) is 4.98 Å². The van der Waals surface area contributed by atoms with Gasteiger partial charge in [-0.15, -0.1) is 11.3 Å². The zero-order valence-corrected chi connectivity index (χ0v) is 13.8. The van der Waals surface area contributed by atoms with Crippen molar-refractivity contribution in [3.63, 3.8) is 0 Å². The predicted molar refractivity (Wildman–Crippen MR) is 80.0 cm³/mol. The van der Waals surface area contributed by atoms with E-state index in [9.17, 15) is 0 Å². The third-order valence-electron chi connectivity index (χ3n) is 2.56. The monoisotopic (exact) mass is 343 g/mol. The van der Waals surface area contributed by atoms with E-state index in [0.29, 0.717) is 18.4 Å². The SMILES string of the molecule is CC(C)Cc1noc(CN(C)Cc2ccc(Br)s2)n1. The second-order valence-corrected chi connectivity index (χ2v) is 7.63. The standard InChI is InChI=1S/C13H18BrN3OS/c1-9(2)6-12-15-13(18-16-12)8-17(3)7-10-4-5-11(14)19-10/h4-5,9H,6-8H2,1-3H3. The topological polar surface area (TPSA) is 42.2 Å². The lowest BCUT2D eigenvalue weighted by molar-refractivity contribution is 0.261. The Hall–Kier alpha value is -0.720. The molecule has 2 rings (SSSR count). The highest BCUT2D eigenvalue weighted by Gasteiger charge is 2.11. The maximum Gasteiger partial charge on any atom is 0.240 e. The highest BCUT2D eigenvalue weighted by molar-refractivity contribution is 9.11. The first-order valence-corrected chi connectivity index (χ1v) is 7.88. The Morgan fingerprint density at radius 1 is 1.37 bits per heavy atom. The molecule has 104 valence electrons. The molecule has 0 aliphatic carbocycles. The summed E-state index contributed by atoms with van der Waals surface area (Å²) in [5.41, 5.74) is 0. The molecular formula is C13H18BrN3OS. The highest BCUT2D eigenvalue weighted by Crippen LogP contribution is 2.23. The molecule has 2 heterocycles. The molecule has 2 aromatic heterocycles. The van der Waals surface area contributed by atoms with Crippen LogP contribution in [0.3, 0.4) is 0 Å². The number of thiophene rings is 1. The summed E-state index contributed by atoms with van der Waals surface area (Å²) in [4.78, 5) is 7.90. The van der Waals surface area contributed by atoms with Gasteiger partial charge in [-0.1, -0.05) is 19.0 Å². The predicted octanol–water partition coefficient (Wildman–Crippen LogP) is 3.72. The van der Waals surface area contributed by atoms with Gasteiger partial charge in [0.1, 0.15) is 0 Å². The highest BCUT2D eigenvalue weighted by atomic mass is 79.9. The van der Waals surface area contributed by atoms with Crippen molar-refractivity contribution in [1.29, 1.82) is 0 Å². The van der Waals surface area contributed by atoms with Gasteiger partial charge in [-0.3, -0.25) is 4.90 Å². The maximum absolute atomic E-state index is 5.27. The number of nitrogens with zero attached hydrogens (tertiary/aromatic N) is 3. The Morgan fingerprint density at radius 2 is 2.16 bits per heavy atom. The van der Waals surface area contributed by atoms with Crippen molar-refractivity contribution in [3.05, 3.63) is 32.5 Å². The number of hydrogen-bond donors (Lipinski definition) is 0. The number of rotatable bonds is 6. The minimum absolute atomic E-state index is 0.548. The molecule has 0 spiro atoms. The Balaban J connectivity index is 1.88. The van der Waals surface area contributed by atoms with Gasteiger partial charge in [0.05, 0.1) is 10.3 Å². The first-order valence-electron chi connectivity index (χ1n) is 6.27. The molecule has 2 aromatic rings. The lowest BCUT2D eigenvalue weighted by atomic mass is 10.1. The lowest BCUT2D eigenvalue weighted by Gasteiger charge is -2.12. The Morgan fingerprint density at radius 3 is 2.79 bits per heavy atom. The Bertz CT molecular complexity index is 523. The van der Waals surface area contributed by atoms with Gasteiger partial charge in [0, 0.05) is 17.8 Å². The van der Waals surface area contributed by atoms with Crippen molar-refractivity contribution in [2.75, 3.05) is 7.05 Å². The average Bonchev–Trinajstić information content (AvgIpc) is 2.88. The summed E-state index contributed by atoms with van der Waals surface area (Å²) in [6.07, 6.45) is 0.866. The van der Waals surface area contributed by atoms with Crippen molar-refractivity contribution in [3.8, 4) is 0 Å². The van der Waals surface area contributed by atoms with Gasteiger partial charge in [0.25, 0.3) is 0 Å². The molecular weight excluding hydrogens is 326 g/mol. The van der Waals surface area contributed by atoms with Crippen LogP contribution in [-0.2, 0) is 19.5 Å². The summed E-state index contributed by atoms with van der Waals surface area (Å²) in [7, 11) is 2.06. The molecule has 0 unspecified atom stereocenters. The van der Waals surface area contributed by atoms with Crippen molar-refractivity contribution >= 4 is 27.3 Å². The molecule has 0 saturated heterocycles. The molecule has 0 aliphatic heterocycles. The van der Waals surface area contributed by atoms with E-state index in [1.807, 2.05) is 0 Å². The molecule has 4 nitrogen and oxygen atoms in total. The van der Waals surface area contributed by atoms with E-state index in [2.05, 4.69) is 64.0 Å². The second kappa shape index (κ2) is 6.63. The molecule has 0 radical (unpaired) electrons. The minimum atomic E-state index is 0.548. The Labute approximate surface area is 125 Å². The largest absolute Gasteiger partial charge is 0.338 e. The molecule has 0 N–H and O–H groups in total. The van der Waals surface area contributed by atoms with Gasteiger partial charge < -0.3 is 4.52 Å². The third kappa shape index (κ3) is 4.71. The molecule has 0 saturated carbocycles. The Kier molecular flexibility index (Phi) is 5.13. The summed E-state index contributed by atoms with van der Waals surface area (Å²) in [6.45, 7) is 5.87. The maximum atomic E-state index is 5.27. The second-order valence-electron chi connectivity index (χ2n) is 5.08. The van der Waals surface area contributed by atoms with Crippen molar-refractivity contribution in [1.82, 2.24) is 15.0 Å². The summed E-state index contributed by atoms with van der Waals surface area (Å²) >= 11 is 5.22. The van der Waals surface area contributed by atoms with Crippen LogP contribution in [0.2, 0.25) is 0 Å². The van der Waals surface area contributed by atoms with E-state index in [1.165, 1.54) is 4.88 Å². The van der Waals surface area contributed by atoms with E-state index < -0.39 is 0 Å². The fraction of sp³-hybridized carbons (Fsp3) is 0.538. The molecule has 0 amide bonds. The van der Waals surface area contributed by atoms with E-state index in [1.54, 1.807) is 11.3 Å². The molecule has 0 atom stereocenters. The number of hydrogen-bond acceptors (Lipinski definition) is 5. The quantitative estimate of drug-likeness (QED) is 0.801. The zero-order chi connectivity index (χ0) is 13.8. The van der Waals surface area contributed by atoms with E-state index in [4.69, 9.17) is 4.52 Å². The molecule has 6 heteroatoms. The fourth-order valence-corrected chi connectivity index (χ4v) is 3.36. The van der Waals surface area contributed by atoms with Gasteiger partial charge in [0.15, 0.2) is 5.82 Å². The zero-order valence-electron chi connectivity index (χ0n) is 11.4. The van der Waals surface area contributed by atoms with Crippen LogP contribution in [0.5, 0.6) is 0 Å². The van der Waals surface area contributed by atoms with E-state index in [-0.39, 0.29) is 0 Å². The van der Waals surface area contributed by atoms with Crippen LogP contribution in [-0.4, -0.2) is 22.1 Å². The van der Waals surface area contributed by atoms with Gasteiger partial charge in [-0.05, 0) is 41.0 Å². The number of aromatic nitrogens is 2. The first-order chi connectivity index (χ1) is 9.02. The van der Waals surface area contributed by atoms with Gasteiger partial charge >= 0.3 is 0 Å². The van der Waals surface area contributed by atoms with Crippen LogP contribution in [0.15, 0.2) is 20.4 Å². The summed E-state index contributed by atoms with van der Waals surface area (Å²) in [6, 6.07) is 4.20. The van der Waals surface area contributed by atoms with Crippen molar-refractivity contribution in [2.24, 2.45) is 5.92 Å². The smallest absolute Gasteiger partial charge is 0.240 e. The van der Waals surface area contributed by atoms with Crippen molar-refractivity contribution in [2.45, 2.75) is 33.4 Å². The molecule has 0 bridgehead atoms. The lowest BCUT2D eigenvalue weighted by Crippen LogP contribution is -2.16. The van der Waals surface area contributed by atoms with E-state index in [0.717, 1.165) is 22.6 Å². The van der Waals surface area contributed by atoms with Gasteiger partial charge in [0.2, 0.25) is 5.89 Å². The summed E-state index contributed by atoms with van der Waals surface area (Å²) < 4.78 is 6.43. The van der Waals surface area contributed by atoms with Crippen LogP contribution in [0.4, 0.5) is 0 Å².